The van der Waals surface area contributed by atoms with Gasteiger partial charge in [0.25, 0.3) is 0 Å². The molecule has 1 amide bonds. The zero-order chi connectivity index (χ0) is 10.6. The highest BCUT2D eigenvalue weighted by Gasteiger charge is 2.04. The number of anilines is 1. The minimum atomic E-state index is -0.215. The summed E-state index contributed by atoms with van der Waals surface area (Å²) in [5.41, 5.74) is -0.215. The molecule has 0 radical (unpaired) electrons. The SMILES string of the molecule is CC(C)CC(=O)Nc1cccc(=O)[nH]1. The van der Waals surface area contributed by atoms with Gasteiger partial charge in [0.15, 0.2) is 0 Å². The molecule has 0 spiro atoms. The Kier molecular flexibility index (Phi) is 3.45. The summed E-state index contributed by atoms with van der Waals surface area (Å²) in [6, 6.07) is 4.65. The molecule has 0 aromatic carbocycles. The third kappa shape index (κ3) is 3.43. The maximum atomic E-state index is 11.3. The van der Waals surface area contributed by atoms with Gasteiger partial charge in [-0.2, -0.15) is 0 Å². The van der Waals surface area contributed by atoms with Crippen molar-refractivity contribution in [1.29, 1.82) is 0 Å². The van der Waals surface area contributed by atoms with Crippen LogP contribution in [0.1, 0.15) is 20.3 Å². The average molecular weight is 194 g/mol. The quantitative estimate of drug-likeness (QED) is 0.763. The lowest BCUT2D eigenvalue weighted by Crippen LogP contribution is -2.17. The molecule has 0 bridgehead atoms. The first kappa shape index (κ1) is 10.5. The van der Waals surface area contributed by atoms with Crippen LogP contribution in [0.15, 0.2) is 23.0 Å². The number of pyridine rings is 1. The Bertz CT molecular complexity index is 368. The second-order valence-corrected chi connectivity index (χ2v) is 3.57. The summed E-state index contributed by atoms with van der Waals surface area (Å²) in [7, 11) is 0. The molecule has 14 heavy (non-hydrogen) atoms. The van der Waals surface area contributed by atoms with E-state index in [-0.39, 0.29) is 11.5 Å². The molecule has 4 nitrogen and oxygen atoms in total. The summed E-state index contributed by atoms with van der Waals surface area (Å²) < 4.78 is 0. The largest absolute Gasteiger partial charge is 0.312 e. The zero-order valence-electron chi connectivity index (χ0n) is 8.33. The summed E-state index contributed by atoms with van der Waals surface area (Å²) in [5.74, 6) is 0.676. The van der Waals surface area contributed by atoms with Crippen LogP contribution in [0.25, 0.3) is 0 Å². The van der Waals surface area contributed by atoms with Gasteiger partial charge in [-0.25, -0.2) is 0 Å². The van der Waals surface area contributed by atoms with Crippen LogP contribution in [0.3, 0.4) is 0 Å². The Labute approximate surface area is 82.3 Å². The maximum absolute atomic E-state index is 11.3. The number of hydrogen-bond acceptors (Lipinski definition) is 2. The normalized spacial score (nSPS) is 10.2. The van der Waals surface area contributed by atoms with E-state index in [1.54, 1.807) is 12.1 Å². The lowest BCUT2D eigenvalue weighted by Gasteiger charge is -2.05. The van der Waals surface area contributed by atoms with Crippen LogP contribution < -0.4 is 10.9 Å². The molecule has 0 atom stereocenters. The molecule has 2 N–H and O–H groups in total. The van der Waals surface area contributed by atoms with E-state index in [0.29, 0.717) is 18.2 Å². The number of hydrogen-bond donors (Lipinski definition) is 2. The minimum absolute atomic E-state index is 0.0816. The molecule has 0 aliphatic rings. The number of H-pyrrole nitrogens is 1. The van der Waals surface area contributed by atoms with Gasteiger partial charge in [-0.15, -0.1) is 0 Å². The van der Waals surface area contributed by atoms with Crippen LogP contribution in [0, 0.1) is 5.92 Å². The number of nitrogens with one attached hydrogen (secondary N) is 2. The van der Waals surface area contributed by atoms with E-state index in [0.717, 1.165) is 0 Å². The van der Waals surface area contributed by atoms with Gasteiger partial charge < -0.3 is 10.3 Å². The molecule has 0 aliphatic carbocycles. The van der Waals surface area contributed by atoms with Crippen LogP contribution in [-0.4, -0.2) is 10.9 Å². The van der Waals surface area contributed by atoms with Crippen molar-refractivity contribution >= 4 is 11.7 Å². The number of rotatable bonds is 3. The Morgan fingerprint density at radius 1 is 1.50 bits per heavy atom. The lowest BCUT2D eigenvalue weighted by molar-refractivity contribution is -0.116. The third-order valence-electron chi connectivity index (χ3n) is 1.64. The van der Waals surface area contributed by atoms with Crippen molar-refractivity contribution in [2.75, 3.05) is 5.32 Å². The van der Waals surface area contributed by atoms with E-state index in [1.165, 1.54) is 6.07 Å². The van der Waals surface area contributed by atoms with E-state index in [1.807, 2.05) is 13.8 Å². The molecular weight excluding hydrogens is 180 g/mol. The number of aromatic amines is 1. The van der Waals surface area contributed by atoms with Crippen LogP contribution in [0.2, 0.25) is 0 Å². The molecule has 76 valence electrons. The highest BCUT2D eigenvalue weighted by atomic mass is 16.2. The summed E-state index contributed by atoms with van der Waals surface area (Å²) in [6.07, 6.45) is 0.455. The van der Waals surface area contributed by atoms with Gasteiger partial charge >= 0.3 is 0 Å². The van der Waals surface area contributed by atoms with Gasteiger partial charge in [0.05, 0.1) is 0 Å². The number of amides is 1. The first-order valence-electron chi connectivity index (χ1n) is 4.57. The van der Waals surface area contributed by atoms with Gasteiger partial charge in [-0.1, -0.05) is 19.9 Å². The fraction of sp³-hybridized carbons (Fsp3) is 0.400. The Morgan fingerprint density at radius 3 is 2.79 bits per heavy atom. The van der Waals surface area contributed by atoms with Gasteiger partial charge in [0.2, 0.25) is 11.5 Å². The van der Waals surface area contributed by atoms with E-state index in [2.05, 4.69) is 10.3 Å². The van der Waals surface area contributed by atoms with E-state index < -0.39 is 0 Å². The molecule has 0 aliphatic heterocycles. The van der Waals surface area contributed by atoms with Crippen molar-refractivity contribution in [2.24, 2.45) is 5.92 Å². The molecule has 4 heteroatoms. The topological polar surface area (TPSA) is 62.0 Å². The van der Waals surface area contributed by atoms with Gasteiger partial charge in [0.1, 0.15) is 5.82 Å². The minimum Gasteiger partial charge on any atom is -0.312 e. The van der Waals surface area contributed by atoms with Crippen molar-refractivity contribution < 1.29 is 4.79 Å². The third-order valence-corrected chi connectivity index (χ3v) is 1.64. The van der Waals surface area contributed by atoms with E-state index in [4.69, 9.17) is 0 Å². The van der Waals surface area contributed by atoms with Crippen LogP contribution in [0.4, 0.5) is 5.82 Å². The molecule has 0 fully saturated rings. The highest BCUT2D eigenvalue weighted by molar-refractivity contribution is 5.89. The number of carbonyl (C=O) groups excluding carboxylic acids is 1. The molecular formula is C10H14N2O2. The van der Waals surface area contributed by atoms with Crippen LogP contribution in [-0.2, 0) is 4.79 Å². The fourth-order valence-corrected chi connectivity index (χ4v) is 1.09. The summed E-state index contributed by atoms with van der Waals surface area (Å²) in [5, 5.41) is 2.62. The van der Waals surface area contributed by atoms with Crippen molar-refractivity contribution in [3.8, 4) is 0 Å². The number of carbonyl (C=O) groups is 1. The summed E-state index contributed by atoms with van der Waals surface area (Å²) >= 11 is 0. The van der Waals surface area contributed by atoms with Gasteiger partial charge in [-0.05, 0) is 12.0 Å². The van der Waals surface area contributed by atoms with E-state index >= 15 is 0 Å². The maximum Gasteiger partial charge on any atom is 0.249 e. The van der Waals surface area contributed by atoms with Crippen molar-refractivity contribution in [1.82, 2.24) is 4.98 Å². The van der Waals surface area contributed by atoms with Crippen LogP contribution in [0.5, 0.6) is 0 Å². The second kappa shape index (κ2) is 4.60. The van der Waals surface area contributed by atoms with Crippen LogP contribution >= 0.6 is 0 Å². The van der Waals surface area contributed by atoms with E-state index in [9.17, 15) is 9.59 Å². The standard InChI is InChI=1S/C10H14N2O2/c1-7(2)6-10(14)12-8-4-3-5-9(13)11-8/h3-5,7H,6H2,1-2H3,(H2,11,12,13,14). The Hall–Kier alpha value is -1.58. The lowest BCUT2D eigenvalue weighted by atomic mass is 10.1. The van der Waals surface area contributed by atoms with Gasteiger partial charge in [-0.3, -0.25) is 9.59 Å². The average Bonchev–Trinajstić information content (AvgIpc) is 2.01. The summed E-state index contributed by atoms with van der Waals surface area (Å²) in [4.78, 5) is 24.7. The van der Waals surface area contributed by atoms with Crippen molar-refractivity contribution in [2.45, 2.75) is 20.3 Å². The molecule has 0 saturated heterocycles. The molecule has 1 aromatic rings. The molecule has 0 saturated carbocycles. The fourth-order valence-electron chi connectivity index (χ4n) is 1.09. The Balaban J connectivity index is 2.61. The molecule has 1 heterocycles. The predicted molar refractivity (Wildman–Crippen MR) is 55.1 cm³/mol. The molecule has 1 rings (SSSR count). The zero-order valence-corrected chi connectivity index (χ0v) is 8.33. The molecule has 1 aromatic heterocycles. The first-order chi connectivity index (χ1) is 6.58. The summed E-state index contributed by atoms with van der Waals surface area (Å²) in [6.45, 7) is 3.93. The van der Waals surface area contributed by atoms with Crippen molar-refractivity contribution in [3.63, 3.8) is 0 Å². The predicted octanol–water partition coefficient (Wildman–Crippen LogP) is 1.36. The second-order valence-electron chi connectivity index (χ2n) is 3.57. The van der Waals surface area contributed by atoms with Crippen molar-refractivity contribution in [3.05, 3.63) is 28.6 Å². The number of aromatic nitrogens is 1. The Morgan fingerprint density at radius 2 is 2.21 bits per heavy atom. The first-order valence-corrected chi connectivity index (χ1v) is 4.57. The smallest absolute Gasteiger partial charge is 0.249 e. The molecule has 0 unspecified atom stereocenters. The van der Waals surface area contributed by atoms with Gasteiger partial charge in [0, 0.05) is 12.5 Å². The monoisotopic (exact) mass is 194 g/mol. The highest BCUT2D eigenvalue weighted by Crippen LogP contribution is 2.03.